The van der Waals surface area contributed by atoms with Crippen molar-refractivity contribution in [3.63, 3.8) is 0 Å². The van der Waals surface area contributed by atoms with Crippen LogP contribution in [-0.2, 0) is 4.65 Å². The lowest BCUT2D eigenvalue weighted by atomic mass is 9.78. The number of hydrogen-bond acceptors (Lipinski definition) is 3. The summed E-state index contributed by atoms with van der Waals surface area (Å²) in [7, 11) is -1.30. The number of halogens is 1. The van der Waals surface area contributed by atoms with Gasteiger partial charge in [-0.25, -0.2) is 9.18 Å². The summed E-state index contributed by atoms with van der Waals surface area (Å²) < 4.78 is 17.8. The number of aromatic carboxylic acids is 1. The molecule has 0 bridgehead atoms. The third-order valence-electron chi connectivity index (χ3n) is 1.78. The van der Waals surface area contributed by atoms with E-state index in [0.717, 1.165) is 12.1 Å². The van der Waals surface area contributed by atoms with E-state index in [2.05, 4.69) is 0 Å². The van der Waals surface area contributed by atoms with Gasteiger partial charge in [0.2, 0.25) is 0 Å². The molecule has 6 heteroatoms. The average molecular weight is 212 g/mol. The van der Waals surface area contributed by atoms with E-state index in [4.69, 9.17) is 9.76 Å². The maximum atomic E-state index is 13.0. The molecule has 1 aromatic carbocycles. The topological polar surface area (TPSA) is 66.8 Å². The van der Waals surface area contributed by atoms with Crippen LogP contribution in [0.2, 0.25) is 0 Å². The fourth-order valence-electron chi connectivity index (χ4n) is 1.13. The SMILES string of the molecule is CCOB(O)c1cc(F)cc(C(=O)O)c1. The van der Waals surface area contributed by atoms with Gasteiger partial charge in [-0.1, -0.05) is 0 Å². The Labute approximate surface area is 86.4 Å². The summed E-state index contributed by atoms with van der Waals surface area (Å²) in [5.41, 5.74) is -0.127. The molecule has 0 unspecified atom stereocenters. The Bertz CT molecular complexity index is 369. The first-order chi connectivity index (χ1) is 7.04. The van der Waals surface area contributed by atoms with Gasteiger partial charge in [-0.3, -0.25) is 0 Å². The zero-order chi connectivity index (χ0) is 11.4. The normalized spacial score (nSPS) is 10.1. The zero-order valence-electron chi connectivity index (χ0n) is 8.11. The lowest BCUT2D eigenvalue weighted by Gasteiger charge is -2.07. The molecule has 0 aliphatic carbocycles. The Kier molecular flexibility index (Phi) is 3.82. The predicted molar refractivity (Wildman–Crippen MR) is 52.6 cm³/mol. The van der Waals surface area contributed by atoms with Gasteiger partial charge in [0, 0.05) is 6.61 Å². The fourth-order valence-corrected chi connectivity index (χ4v) is 1.13. The summed E-state index contributed by atoms with van der Waals surface area (Å²) in [6.07, 6.45) is 0. The van der Waals surface area contributed by atoms with Crippen LogP contribution in [0.3, 0.4) is 0 Å². The minimum atomic E-state index is -1.30. The molecule has 0 radical (unpaired) electrons. The largest absolute Gasteiger partial charge is 0.491 e. The van der Waals surface area contributed by atoms with E-state index in [1.807, 2.05) is 0 Å². The number of hydrogen-bond donors (Lipinski definition) is 2. The molecule has 1 rings (SSSR count). The molecule has 0 heterocycles. The van der Waals surface area contributed by atoms with Crippen molar-refractivity contribution in [2.75, 3.05) is 6.61 Å². The maximum Gasteiger partial charge on any atom is 0.491 e. The van der Waals surface area contributed by atoms with Gasteiger partial charge < -0.3 is 14.8 Å². The summed E-state index contributed by atoms with van der Waals surface area (Å²) in [5.74, 6) is -1.97. The summed E-state index contributed by atoms with van der Waals surface area (Å²) >= 11 is 0. The van der Waals surface area contributed by atoms with Crippen LogP contribution in [0.5, 0.6) is 0 Å². The number of benzene rings is 1. The number of carboxylic acids is 1. The summed E-state index contributed by atoms with van der Waals surface area (Å²) in [6, 6.07) is 3.09. The van der Waals surface area contributed by atoms with Gasteiger partial charge in [0.15, 0.2) is 0 Å². The van der Waals surface area contributed by atoms with E-state index in [1.165, 1.54) is 6.07 Å². The molecule has 0 saturated heterocycles. The monoisotopic (exact) mass is 212 g/mol. The Hall–Kier alpha value is -1.40. The van der Waals surface area contributed by atoms with Crippen molar-refractivity contribution in [2.24, 2.45) is 0 Å². The molecule has 80 valence electrons. The minimum Gasteiger partial charge on any atom is -0.478 e. The first-order valence-electron chi connectivity index (χ1n) is 4.38. The van der Waals surface area contributed by atoms with Crippen molar-refractivity contribution in [2.45, 2.75) is 6.92 Å². The highest BCUT2D eigenvalue weighted by Crippen LogP contribution is 2.02. The third-order valence-corrected chi connectivity index (χ3v) is 1.78. The Balaban J connectivity index is 3.03. The number of rotatable bonds is 4. The molecule has 0 aliphatic heterocycles. The highest BCUT2D eigenvalue weighted by Gasteiger charge is 2.18. The second-order valence-corrected chi connectivity index (χ2v) is 2.89. The molecule has 0 amide bonds. The van der Waals surface area contributed by atoms with E-state index in [1.54, 1.807) is 6.92 Å². The molecule has 1 aromatic rings. The molecule has 15 heavy (non-hydrogen) atoms. The molecule has 0 atom stereocenters. The lowest BCUT2D eigenvalue weighted by molar-refractivity contribution is 0.0696. The second kappa shape index (κ2) is 4.90. The average Bonchev–Trinajstić information content (AvgIpc) is 2.17. The Morgan fingerprint density at radius 3 is 2.73 bits per heavy atom. The van der Waals surface area contributed by atoms with Gasteiger partial charge in [-0.05, 0) is 30.6 Å². The van der Waals surface area contributed by atoms with Crippen molar-refractivity contribution in [3.8, 4) is 0 Å². The smallest absolute Gasteiger partial charge is 0.478 e. The van der Waals surface area contributed by atoms with Crippen molar-refractivity contribution in [1.29, 1.82) is 0 Å². The number of carbonyl (C=O) groups is 1. The van der Waals surface area contributed by atoms with Gasteiger partial charge >= 0.3 is 13.1 Å². The van der Waals surface area contributed by atoms with Gasteiger partial charge in [-0.15, -0.1) is 0 Å². The van der Waals surface area contributed by atoms with Crippen LogP contribution in [-0.4, -0.2) is 29.8 Å². The quantitative estimate of drug-likeness (QED) is 0.702. The second-order valence-electron chi connectivity index (χ2n) is 2.89. The molecule has 4 nitrogen and oxygen atoms in total. The molecule has 0 saturated carbocycles. The van der Waals surface area contributed by atoms with E-state index in [9.17, 15) is 14.2 Å². The van der Waals surface area contributed by atoms with Crippen LogP contribution in [0.15, 0.2) is 18.2 Å². The van der Waals surface area contributed by atoms with Crippen molar-refractivity contribution >= 4 is 18.6 Å². The molecule has 0 fully saturated rings. The van der Waals surface area contributed by atoms with E-state index < -0.39 is 18.9 Å². The highest BCUT2D eigenvalue weighted by molar-refractivity contribution is 6.60. The van der Waals surface area contributed by atoms with Crippen LogP contribution in [0, 0.1) is 5.82 Å². The zero-order valence-corrected chi connectivity index (χ0v) is 8.11. The predicted octanol–water partition coefficient (Wildman–Crippen LogP) is 0.248. The van der Waals surface area contributed by atoms with Crippen LogP contribution in [0.1, 0.15) is 17.3 Å². The number of carboxylic acid groups (broad SMARTS) is 1. The van der Waals surface area contributed by atoms with E-state index >= 15 is 0 Å². The standard InChI is InChI=1S/C9H10BFO4/c1-2-15-10(14)7-3-6(9(12)13)4-8(11)5-7/h3-5,14H,2H2,1H3,(H,12,13). The first-order valence-corrected chi connectivity index (χ1v) is 4.38. The molecule has 0 aliphatic rings. The van der Waals surface area contributed by atoms with Crippen LogP contribution in [0.25, 0.3) is 0 Å². The van der Waals surface area contributed by atoms with E-state index in [-0.39, 0.29) is 17.6 Å². The molecular weight excluding hydrogens is 202 g/mol. The van der Waals surface area contributed by atoms with Gasteiger partial charge in [-0.2, -0.15) is 0 Å². The summed E-state index contributed by atoms with van der Waals surface area (Å²) in [5, 5.41) is 18.0. The van der Waals surface area contributed by atoms with E-state index in [0.29, 0.717) is 0 Å². The molecule has 0 aromatic heterocycles. The van der Waals surface area contributed by atoms with Crippen LogP contribution in [0.4, 0.5) is 4.39 Å². The fraction of sp³-hybridized carbons (Fsp3) is 0.222. The Morgan fingerprint density at radius 2 is 2.20 bits per heavy atom. The van der Waals surface area contributed by atoms with Crippen molar-refractivity contribution in [3.05, 3.63) is 29.6 Å². The lowest BCUT2D eigenvalue weighted by Crippen LogP contribution is -2.34. The van der Waals surface area contributed by atoms with Crippen molar-refractivity contribution < 1.29 is 24.0 Å². The molecule has 0 spiro atoms. The first kappa shape index (κ1) is 11.7. The van der Waals surface area contributed by atoms with Crippen LogP contribution < -0.4 is 5.46 Å². The summed E-state index contributed by atoms with van der Waals surface area (Å²) in [4.78, 5) is 10.6. The summed E-state index contributed by atoms with van der Waals surface area (Å²) in [6.45, 7) is 1.92. The molecule has 2 N–H and O–H groups in total. The highest BCUT2D eigenvalue weighted by atomic mass is 19.1. The Morgan fingerprint density at radius 1 is 1.53 bits per heavy atom. The van der Waals surface area contributed by atoms with Crippen molar-refractivity contribution in [1.82, 2.24) is 0 Å². The van der Waals surface area contributed by atoms with Gasteiger partial charge in [0.25, 0.3) is 0 Å². The van der Waals surface area contributed by atoms with Crippen LogP contribution >= 0.6 is 0 Å². The maximum absolute atomic E-state index is 13.0. The molecular formula is C9H10BFO4. The van der Waals surface area contributed by atoms with Gasteiger partial charge in [0.1, 0.15) is 5.82 Å². The minimum absolute atomic E-state index is 0.0919. The van der Waals surface area contributed by atoms with Gasteiger partial charge in [0.05, 0.1) is 5.56 Å². The third kappa shape index (κ3) is 3.04.